The van der Waals surface area contributed by atoms with E-state index in [1.165, 1.54) is 6.07 Å². The van der Waals surface area contributed by atoms with Gasteiger partial charge in [-0.05, 0) is 26.3 Å². The van der Waals surface area contributed by atoms with Crippen LogP contribution in [0.4, 0.5) is 0 Å². The third-order valence-corrected chi connectivity index (χ3v) is 2.78. The van der Waals surface area contributed by atoms with Crippen molar-refractivity contribution >= 4 is 11.9 Å². The van der Waals surface area contributed by atoms with E-state index in [4.69, 9.17) is 5.11 Å². The van der Waals surface area contributed by atoms with Crippen LogP contribution in [0.3, 0.4) is 0 Å². The van der Waals surface area contributed by atoms with Crippen molar-refractivity contribution in [2.24, 2.45) is 0 Å². The second kappa shape index (κ2) is 6.22. The number of phenols is 1. The van der Waals surface area contributed by atoms with E-state index >= 15 is 0 Å². The highest BCUT2D eigenvalue weighted by atomic mass is 16.4. The maximum Gasteiger partial charge on any atom is 0.303 e. The molecule has 0 radical (unpaired) electrons. The number of hydrogen-bond acceptors (Lipinski definition) is 3. The van der Waals surface area contributed by atoms with Gasteiger partial charge >= 0.3 is 5.97 Å². The molecule has 3 N–H and O–H groups in total. The molecule has 1 aromatic carbocycles. The van der Waals surface area contributed by atoms with Gasteiger partial charge in [-0.2, -0.15) is 0 Å². The smallest absolute Gasteiger partial charge is 0.303 e. The minimum Gasteiger partial charge on any atom is -0.508 e. The third-order valence-electron chi connectivity index (χ3n) is 2.78. The van der Waals surface area contributed by atoms with Crippen molar-refractivity contribution in [1.82, 2.24) is 5.32 Å². The van der Waals surface area contributed by atoms with Gasteiger partial charge < -0.3 is 15.5 Å². The summed E-state index contributed by atoms with van der Waals surface area (Å²) in [5.74, 6) is -1.04. The molecule has 0 heterocycles. The number of benzene rings is 1. The second-order valence-corrected chi connectivity index (χ2v) is 5.13. The number of carbonyl (C=O) groups is 2. The molecular formula is C14H19NO4. The van der Waals surface area contributed by atoms with Crippen LogP contribution in [0.15, 0.2) is 24.3 Å². The monoisotopic (exact) mass is 265 g/mol. The van der Waals surface area contributed by atoms with E-state index < -0.39 is 11.5 Å². The molecular weight excluding hydrogens is 246 g/mol. The Morgan fingerprint density at radius 2 is 1.89 bits per heavy atom. The minimum absolute atomic E-state index is 0.00384. The van der Waals surface area contributed by atoms with E-state index in [9.17, 15) is 14.7 Å². The van der Waals surface area contributed by atoms with Gasteiger partial charge in [0.1, 0.15) is 5.75 Å². The highest BCUT2D eigenvalue weighted by Gasteiger charge is 2.21. The summed E-state index contributed by atoms with van der Waals surface area (Å²) < 4.78 is 0. The van der Waals surface area contributed by atoms with Gasteiger partial charge in [0, 0.05) is 17.5 Å². The number of phenolic OH excluding ortho intramolecular Hbond substituents is 1. The first-order valence-electron chi connectivity index (χ1n) is 6.10. The van der Waals surface area contributed by atoms with Crippen molar-refractivity contribution in [3.63, 3.8) is 0 Å². The Labute approximate surface area is 112 Å². The van der Waals surface area contributed by atoms with Crippen LogP contribution in [0, 0.1) is 0 Å². The first-order valence-corrected chi connectivity index (χ1v) is 6.10. The number of aliphatic carboxylic acids is 1. The van der Waals surface area contributed by atoms with Gasteiger partial charge in [0.15, 0.2) is 0 Å². The van der Waals surface area contributed by atoms with Crippen LogP contribution in [-0.2, 0) is 16.0 Å². The summed E-state index contributed by atoms with van der Waals surface area (Å²) >= 11 is 0. The number of para-hydroxylation sites is 1. The Morgan fingerprint density at radius 1 is 1.26 bits per heavy atom. The van der Waals surface area contributed by atoms with Gasteiger partial charge in [-0.25, -0.2) is 0 Å². The Kier molecular flexibility index (Phi) is 4.92. The summed E-state index contributed by atoms with van der Waals surface area (Å²) in [6.45, 7) is 3.55. The van der Waals surface area contributed by atoms with Crippen molar-refractivity contribution in [2.45, 2.75) is 38.6 Å². The normalized spacial score (nSPS) is 11.1. The molecule has 0 saturated carbocycles. The first kappa shape index (κ1) is 15.0. The molecule has 0 bridgehead atoms. The molecule has 0 unspecified atom stereocenters. The van der Waals surface area contributed by atoms with E-state index in [0.717, 1.165) is 0 Å². The first-order chi connectivity index (χ1) is 8.80. The fraction of sp³-hybridized carbons (Fsp3) is 0.429. The number of amides is 1. The molecule has 0 aromatic heterocycles. The molecule has 5 heteroatoms. The average molecular weight is 265 g/mol. The zero-order valence-electron chi connectivity index (χ0n) is 11.1. The Morgan fingerprint density at radius 3 is 2.47 bits per heavy atom. The highest BCUT2D eigenvalue weighted by molar-refractivity contribution is 5.80. The van der Waals surface area contributed by atoms with Gasteiger partial charge in [0.05, 0.1) is 6.42 Å². The van der Waals surface area contributed by atoms with Gasteiger partial charge in [-0.1, -0.05) is 18.2 Å². The summed E-state index contributed by atoms with van der Waals surface area (Å²) in [6, 6.07) is 6.64. The summed E-state index contributed by atoms with van der Waals surface area (Å²) in [6.07, 6.45) is 0.432. The van der Waals surface area contributed by atoms with Gasteiger partial charge in [0.2, 0.25) is 5.91 Å². The molecule has 1 amide bonds. The molecule has 19 heavy (non-hydrogen) atoms. The van der Waals surface area contributed by atoms with Crippen molar-refractivity contribution in [1.29, 1.82) is 0 Å². The fourth-order valence-corrected chi connectivity index (χ4v) is 1.74. The number of carbonyl (C=O) groups excluding carboxylic acids is 1. The predicted molar refractivity (Wildman–Crippen MR) is 70.9 cm³/mol. The predicted octanol–water partition coefficient (Wildman–Crippen LogP) is 1.69. The molecule has 1 aromatic rings. The van der Waals surface area contributed by atoms with E-state index in [1.54, 1.807) is 32.0 Å². The molecule has 1 rings (SSSR count). The number of rotatable bonds is 6. The van der Waals surface area contributed by atoms with Crippen LogP contribution in [0.25, 0.3) is 0 Å². The Hall–Kier alpha value is -2.04. The largest absolute Gasteiger partial charge is 0.508 e. The SMILES string of the molecule is CC(C)(CCC(=O)O)NC(=O)Cc1ccccc1O. The van der Waals surface area contributed by atoms with Crippen LogP contribution >= 0.6 is 0 Å². The molecule has 0 saturated heterocycles. The number of carboxylic acids is 1. The molecule has 0 fully saturated rings. The van der Waals surface area contributed by atoms with Crippen LogP contribution in [0.2, 0.25) is 0 Å². The van der Waals surface area contributed by atoms with Gasteiger partial charge in [-0.15, -0.1) is 0 Å². The topological polar surface area (TPSA) is 86.6 Å². The molecule has 0 atom stereocenters. The molecule has 104 valence electrons. The lowest BCUT2D eigenvalue weighted by atomic mass is 9.97. The molecule has 0 aliphatic carbocycles. The van der Waals surface area contributed by atoms with E-state index in [2.05, 4.69) is 5.32 Å². The maximum absolute atomic E-state index is 11.9. The Bertz CT molecular complexity index is 468. The van der Waals surface area contributed by atoms with Crippen molar-refractivity contribution in [3.05, 3.63) is 29.8 Å². The zero-order valence-corrected chi connectivity index (χ0v) is 11.1. The van der Waals surface area contributed by atoms with Gasteiger partial charge in [-0.3, -0.25) is 9.59 Å². The number of carboxylic acid groups (broad SMARTS) is 1. The minimum atomic E-state index is -0.886. The molecule has 5 nitrogen and oxygen atoms in total. The zero-order chi connectivity index (χ0) is 14.5. The summed E-state index contributed by atoms with van der Waals surface area (Å²) in [4.78, 5) is 22.4. The summed E-state index contributed by atoms with van der Waals surface area (Å²) in [7, 11) is 0. The number of aromatic hydroxyl groups is 1. The highest BCUT2D eigenvalue weighted by Crippen LogP contribution is 2.17. The summed E-state index contributed by atoms with van der Waals surface area (Å²) in [5.41, 5.74) is -0.0334. The van der Waals surface area contributed by atoms with Crippen LogP contribution in [0.1, 0.15) is 32.3 Å². The molecule has 0 aliphatic heterocycles. The van der Waals surface area contributed by atoms with Crippen molar-refractivity contribution < 1.29 is 19.8 Å². The molecule has 0 aliphatic rings. The van der Waals surface area contributed by atoms with E-state index in [1.807, 2.05) is 0 Å². The lowest BCUT2D eigenvalue weighted by Crippen LogP contribution is -2.44. The lowest BCUT2D eigenvalue weighted by Gasteiger charge is -2.25. The van der Waals surface area contributed by atoms with E-state index in [-0.39, 0.29) is 24.5 Å². The third kappa shape index (κ3) is 5.42. The van der Waals surface area contributed by atoms with Crippen LogP contribution in [-0.4, -0.2) is 27.6 Å². The Balaban J connectivity index is 2.55. The fourth-order valence-electron chi connectivity index (χ4n) is 1.74. The lowest BCUT2D eigenvalue weighted by molar-refractivity contribution is -0.137. The second-order valence-electron chi connectivity index (χ2n) is 5.13. The number of hydrogen-bond donors (Lipinski definition) is 3. The standard InChI is InChI=1S/C14H19NO4/c1-14(2,8-7-13(18)19)15-12(17)9-10-5-3-4-6-11(10)16/h3-6,16H,7-9H2,1-2H3,(H,15,17)(H,18,19). The quantitative estimate of drug-likeness (QED) is 0.730. The van der Waals surface area contributed by atoms with Crippen molar-refractivity contribution in [2.75, 3.05) is 0 Å². The molecule has 0 spiro atoms. The van der Waals surface area contributed by atoms with Crippen molar-refractivity contribution in [3.8, 4) is 5.75 Å². The average Bonchev–Trinajstić information content (AvgIpc) is 2.29. The van der Waals surface area contributed by atoms with Gasteiger partial charge in [0.25, 0.3) is 0 Å². The number of nitrogens with one attached hydrogen (secondary N) is 1. The van der Waals surface area contributed by atoms with Crippen LogP contribution < -0.4 is 5.32 Å². The summed E-state index contributed by atoms with van der Waals surface area (Å²) in [5, 5.41) is 21.0. The van der Waals surface area contributed by atoms with Crippen LogP contribution in [0.5, 0.6) is 5.75 Å². The maximum atomic E-state index is 11.9. The van der Waals surface area contributed by atoms with E-state index in [0.29, 0.717) is 12.0 Å².